The molecule has 1 N–H and O–H groups in total. The number of hydrogen-bond donors (Lipinski definition) is 1. The van der Waals surface area contributed by atoms with E-state index in [0.717, 1.165) is 0 Å². The molecule has 4 rings (SSSR count). The molecule has 0 atom stereocenters. The Morgan fingerprint density at radius 2 is 1.90 bits per heavy atom. The monoisotopic (exact) mass is 390 g/mol. The van der Waals surface area contributed by atoms with Crippen LogP contribution in [0.3, 0.4) is 0 Å². The van der Waals surface area contributed by atoms with Crippen molar-refractivity contribution >= 4 is 11.6 Å². The molecule has 7 nitrogen and oxygen atoms in total. The average molecular weight is 390 g/mol. The molecule has 2 aromatic carbocycles. The Hall–Kier alpha value is -4.07. The summed E-state index contributed by atoms with van der Waals surface area (Å²) < 4.78 is 24.6. The summed E-state index contributed by atoms with van der Waals surface area (Å²) in [5.74, 6) is -0.0795. The molecule has 0 bridgehead atoms. The van der Waals surface area contributed by atoms with E-state index in [1.165, 1.54) is 13.2 Å². The van der Waals surface area contributed by atoms with Crippen LogP contribution in [-0.2, 0) is 0 Å². The molecular formula is C21H15FN4O3. The van der Waals surface area contributed by atoms with Crippen LogP contribution in [0, 0.1) is 5.82 Å². The van der Waals surface area contributed by atoms with Crippen LogP contribution in [0.4, 0.5) is 10.1 Å². The van der Waals surface area contributed by atoms with Crippen LogP contribution in [0.25, 0.3) is 22.8 Å². The highest BCUT2D eigenvalue weighted by Gasteiger charge is 2.17. The van der Waals surface area contributed by atoms with E-state index in [0.29, 0.717) is 22.7 Å². The Kier molecular flexibility index (Phi) is 4.98. The minimum atomic E-state index is -0.456. The van der Waals surface area contributed by atoms with Gasteiger partial charge in [0.05, 0.1) is 18.2 Å². The van der Waals surface area contributed by atoms with Crippen molar-refractivity contribution in [1.82, 2.24) is 15.1 Å². The summed E-state index contributed by atoms with van der Waals surface area (Å²) in [4.78, 5) is 20.5. The molecule has 144 valence electrons. The first kappa shape index (κ1) is 18.3. The van der Waals surface area contributed by atoms with Gasteiger partial charge in [-0.15, -0.1) is 0 Å². The fraction of sp³-hybridized carbons (Fsp3) is 0.0476. The first-order valence-corrected chi connectivity index (χ1v) is 8.65. The molecule has 0 aliphatic heterocycles. The van der Waals surface area contributed by atoms with Gasteiger partial charge in [0, 0.05) is 18.0 Å². The van der Waals surface area contributed by atoms with E-state index < -0.39 is 5.82 Å². The normalized spacial score (nSPS) is 10.6. The van der Waals surface area contributed by atoms with Crippen molar-refractivity contribution in [3.63, 3.8) is 0 Å². The van der Waals surface area contributed by atoms with E-state index in [4.69, 9.17) is 9.26 Å². The zero-order chi connectivity index (χ0) is 20.2. The van der Waals surface area contributed by atoms with E-state index in [2.05, 4.69) is 20.4 Å². The number of benzene rings is 2. The Morgan fingerprint density at radius 1 is 1.07 bits per heavy atom. The van der Waals surface area contributed by atoms with Crippen LogP contribution in [0.15, 0.2) is 71.4 Å². The predicted octanol–water partition coefficient (Wildman–Crippen LogP) is 4.20. The smallest absolute Gasteiger partial charge is 0.274 e. The van der Waals surface area contributed by atoms with Crippen LogP contribution in [0.5, 0.6) is 5.75 Å². The minimum absolute atomic E-state index is 0.0627. The predicted molar refractivity (Wildman–Crippen MR) is 104 cm³/mol. The number of carbonyl (C=O) groups excluding carboxylic acids is 1. The van der Waals surface area contributed by atoms with Gasteiger partial charge < -0.3 is 14.6 Å². The summed E-state index contributed by atoms with van der Waals surface area (Å²) in [6.07, 6.45) is 1.54. The van der Waals surface area contributed by atoms with Crippen molar-refractivity contribution in [2.45, 2.75) is 0 Å². The summed E-state index contributed by atoms with van der Waals surface area (Å²) in [6, 6.07) is 16.2. The summed E-state index contributed by atoms with van der Waals surface area (Å²) in [7, 11) is 1.49. The molecule has 0 saturated heterocycles. The minimum Gasteiger partial charge on any atom is -0.496 e. The molecule has 8 heteroatoms. The third kappa shape index (κ3) is 3.81. The number of aromatic nitrogens is 3. The summed E-state index contributed by atoms with van der Waals surface area (Å²) in [6.45, 7) is 0. The molecule has 0 radical (unpaired) electrons. The number of nitrogens with one attached hydrogen (secondary N) is 1. The average Bonchev–Trinajstić information content (AvgIpc) is 3.24. The number of nitrogens with zero attached hydrogens (tertiary/aromatic N) is 3. The number of hydrogen-bond acceptors (Lipinski definition) is 6. The largest absolute Gasteiger partial charge is 0.496 e. The van der Waals surface area contributed by atoms with Crippen LogP contribution in [0.1, 0.15) is 10.5 Å². The van der Waals surface area contributed by atoms with Crippen molar-refractivity contribution in [2.75, 3.05) is 12.4 Å². The zero-order valence-corrected chi connectivity index (χ0v) is 15.3. The summed E-state index contributed by atoms with van der Waals surface area (Å²) in [5, 5.41) is 6.68. The highest BCUT2D eigenvalue weighted by molar-refractivity contribution is 6.03. The number of anilines is 1. The van der Waals surface area contributed by atoms with E-state index in [1.807, 2.05) is 0 Å². The highest BCUT2D eigenvalue weighted by Crippen LogP contribution is 2.32. The van der Waals surface area contributed by atoms with Crippen LogP contribution in [-0.4, -0.2) is 28.1 Å². The van der Waals surface area contributed by atoms with Gasteiger partial charge in [0.15, 0.2) is 0 Å². The number of rotatable bonds is 5. The standard InChI is InChI=1S/C21H15FN4O3/c1-28-18-12-13(24-20(27)17-8-4-5-11-23-17)9-10-15(18)19-25-21(29-26-19)14-6-2-3-7-16(14)22/h2-12H,1H3,(H,24,27). The molecule has 2 heterocycles. The molecule has 0 aliphatic carbocycles. The number of ether oxygens (including phenoxy) is 1. The lowest BCUT2D eigenvalue weighted by molar-refractivity contribution is 0.102. The van der Waals surface area contributed by atoms with Gasteiger partial charge in [0.2, 0.25) is 5.82 Å². The number of halogens is 1. The zero-order valence-electron chi connectivity index (χ0n) is 15.3. The van der Waals surface area contributed by atoms with Crippen molar-refractivity contribution in [3.8, 4) is 28.6 Å². The Balaban J connectivity index is 1.61. The Labute approximate surface area is 165 Å². The first-order chi connectivity index (χ1) is 14.2. The van der Waals surface area contributed by atoms with Gasteiger partial charge in [0.1, 0.15) is 17.3 Å². The van der Waals surface area contributed by atoms with Crippen molar-refractivity contribution < 1.29 is 18.4 Å². The van der Waals surface area contributed by atoms with Crippen LogP contribution in [0.2, 0.25) is 0 Å². The van der Waals surface area contributed by atoms with Crippen molar-refractivity contribution in [1.29, 1.82) is 0 Å². The third-order valence-electron chi connectivity index (χ3n) is 4.13. The summed E-state index contributed by atoms with van der Waals surface area (Å²) in [5.41, 5.74) is 1.56. The number of methoxy groups -OCH3 is 1. The SMILES string of the molecule is COc1cc(NC(=O)c2ccccn2)ccc1-c1noc(-c2ccccc2F)n1. The maximum Gasteiger partial charge on any atom is 0.274 e. The maximum atomic E-state index is 13.9. The number of amides is 1. The van der Waals surface area contributed by atoms with Gasteiger partial charge in [-0.05, 0) is 36.4 Å². The molecule has 0 aliphatic rings. The van der Waals surface area contributed by atoms with Gasteiger partial charge in [-0.3, -0.25) is 9.78 Å². The summed E-state index contributed by atoms with van der Waals surface area (Å²) >= 11 is 0. The fourth-order valence-corrected chi connectivity index (χ4v) is 2.72. The second kappa shape index (κ2) is 7.89. The maximum absolute atomic E-state index is 13.9. The quantitative estimate of drug-likeness (QED) is 0.549. The second-order valence-corrected chi connectivity index (χ2v) is 5.99. The van der Waals surface area contributed by atoms with Gasteiger partial charge in [-0.1, -0.05) is 23.4 Å². The van der Waals surface area contributed by atoms with E-state index in [-0.39, 0.29) is 23.2 Å². The lowest BCUT2D eigenvalue weighted by Crippen LogP contribution is -2.13. The molecular weight excluding hydrogens is 375 g/mol. The molecule has 1 amide bonds. The highest BCUT2D eigenvalue weighted by atomic mass is 19.1. The second-order valence-electron chi connectivity index (χ2n) is 5.99. The van der Waals surface area contributed by atoms with Gasteiger partial charge in [0.25, 0.3) is 11.8 Å². The topological polar surface area (TPSA) is 90.1 Å². The van der Waals surface area contributed by atoms with E-state index in [1.54, 1.807) is 60.8 Å². The number of pyridine rings is 1. The van der Waals surface area contributed by atoms with Gasteiger partial charge in [-0.25, -0.2) is 4.39 Å². The molecule has 4 aromatic rings. The third-order valence-corrected chi connectivity index (χ3v) is 4.13. The van der Waals surface area contributed by atoms with E-state index >= 15 is 0 Å². The molecule has 0 unspecified atom stereocenters. The molecule has 2 aromatic heterocycles. The molecule has 0 saturated carbocycles. The molecule has 29 heavy (non-hydrogen) atoms. The van der Waals surface area contributed by atoms with Gasteiger partial charge >= 0.3 is 0 Å². The number of carbonyl (C=O) groups is 1. The van der Waals surface area contributed by atoms with Crippen LogP contribution >= 0.6 is 0 Å². The Bertz CT molecular complexity index is 1160. The van der Waals surface area contributed by atoms with Crippen molar-refractivity contribution in [2.24, 2.45) is 0 Å². The fourth-order valence-electron chi connectivity index (χ4n) is 2.72. The van der Waals surface area contributed by atoms with Crippen LogP contribution < -0.4 is 10.1 Å². The van der Waals surface area contributed by atoms with E-state index in [9.17, 15) is 9.18 Å². The first-order valence-electron chi connectivity index (χ1n) is 8.65. The lowest BCUT2D eigenvalue weighted by atomic mass is 10.1. The lowest BCUT2D eigenvalue weighted by Gasteiger charge is -2.09. The Morgan fingerprint density at radius 3 is 2.66 bits per heavy atom. The van der Waals surface area contributed by atoms with Crippen molar-refractivity contribution in [3.05, 3.63) is 78.4 Å². The molecule has 0 fully saturated rings. The van der Waals surface area contributed by atoms with Gasteiger partial charge in [-0.2, -0.15) is 4.98 Å². The molecule has 0 spiro atoms.